The molecule has 1 fully saturated rings. The standard InChI is InChI=1S/C13H14N6/c14-9-11-1-2-13(10-15-11)18-6-3-12(4-7-18)19-8-5-16-17-19/h1-2,5,8,10,12H,3-4,6-7H2. The molecule has 2 aromatic rings. The maximum atomic E-state index is 8.74. The Morgan fingerprint density at radius 3 is 2.68 bits per heavy atom. The Balaban J connectivity index is 1.65. The highest BCUT2D eigenvalue weighted by Gasteiger charge is 2.21. The lowest BCUT2D eigenvalue weighted by Gasteiger charge is -2.33. The normalized spacial score (nSPS) is 16.3. The van der Waals surface area contributed by atoms with Crippen LogP contribution < -0.4 is 4.90 Å². The highest BCUT2D eigenvalue weighted by Crippen LogP contribution is 2.25. The van der Waals surface area contributed by atoms with Crippen molar-refractivity contribution in [3.8, 4) is 6.07 Å². The Labute approximate surface area is 111 Å². The van der Waals surface area contributed by atoms with Gasteiger partial charge in [0.25, 0.3) is 0 Å². The smallest absolute Gasteiger partial charge is 0.140 e. The first kappa shape index (κ1) is 11.7. The molecule has 0 bridgehead atoms. The van der Waals surface area contributed by atoms with Gasteiger partial charge in [0.1, 0.15) is 11.8 Å². The Hall–Kier alpha value is -2.42. The zero-order valence-electron chi connectivity index (χ0n) is 10.5. The molecule has 0 spiro atoms. The Bertz CT molecular complexity index is 560. The summed E-state index contributed by atoms with van der Waals surface area (Å²) in [7, 11) is 0. The Morgan fingerprint density at radius 1 is 1.26 bits per heavy atom. The van der Waals surface area contributed by atoms with Crippen LogP contribution in [0.15, 0.2) is 30.7 Å². The van der Waals surface area contributed by atoms with Crippen LogP contribution >= 0.6 is 0 Å². The van der Waals surface area contributed by atoms with Crippen LogP contribution in [0, 0.1) is 11.3 Å². The van der Waals surface area contributed by atoms with E-state index in [0.29, 0.717) is 11.7 Å². The largest absolute Gasteiger partial charge is 0.370 e. The van der Waals surface area contributed by atoms with Crippen LogP contribution in [-0.4, -0.2) is 33.1 Å². The summed E-state index contributed by atoms with van der Waals surface area (Å²) in [5.74, 6) is 0. The molecule has 2 aromatic heterocycles. The molecule has 1 aliphatic rings. The van der Waals surface area contributed by atoms with Crippen LogP contribution in [0.3, 0.4) is 0 Å². The van der Waals surface area contributed by atoms with E-state index in [-0.39, 0.29) is 0 Å². The van der Waals surface area contributed by atoms with Gasteiger partial charge < -0.3 is 4.90 Å². The van der Waals surface area contributed by atoms with Gasteiger partial charge in [-0.25, -0.2) is 9.67 Å². The van der Waals surface area contributed by atoms with Crippen LogP contribution in [0.1, 0.15) is 24.6 Å². The minimum Gasteiger partial charge on any atom is -0.370 e. The molecule has 6 heteroatoms. The Morgan fingerprint density at radius 2 is 2.11 bits per heavy atom. The predicted octanol–water partition coefficient (Wildman–Crippen LogP) is 1.39. The van der Waals surface area contributed by atoms with E-state index in [1.54, 1.807) is 18.5 Å². The lowest BCUT2D eigenvalue weighted by molar-refractivity contribution is 0.360. The zero-order chi connectivity index (χ0) is 13.1. The fraction of sp³-hybridized carbons (Fsp3) is 0.385. The van der Waals surface area contributed by atoms with Crippen molar-refractivity contribution < 1.29 is 0 Å². The number of hydrogen-bond donors (Lipinski definition) is 0. The molecule has 19 heavy (non-hydrogen) atoms. The number of nitrogens with zero attached hydrogens (tertiary/aromatic N) is 6. The fourth-order valence-corrected chi connectivity index (χ4v) is 2.44. The highest BCUT2D eigenvalue weighted by molar-refractivity contribution is 5.46. The summed E-state index contributed by atoms with van der Waals surface area (Å²) in [6, 6.07) is 6.19. The van der Waals surface area contributed by atoms with Gasteiger partial charge in [-0.05, 0) is 25.0 Å². The monoisotopic (exact) mass is 254 g/mol. The first-order valence-corrected chi connectivity index (χ1v) is 6.34. The van der Waals surface area contributed by atoms with Gasteiger partial charge in [-0.1, -0.05) is 5.21 Å². The molecular weight excluding hydrogens is 240 g/mol. The fourth-order valence-electron chi connectivity index (χ4n) is 2.44. The topological polar surface area (TPSA) is 70.6 Å². The van der Waals surface area contributed by atoms with Gasteiger partial charge in [0.15, 0.2) is 0 Å². The molecule has 1 saturated heterocycles. The van der Waals surface area contributed by atoms with E-state index in [2.05, 4.69) is 20.2 Å². The third kappa shape index (κ3) is 2.40. The number of nitriles is 1. The summed E-state index contributed by atoms with van der Waals surface area (Å²) in [5, 5.41) is 16.6. The molecule has 3 heterocycles. The van der Waals surface area contributed by atoms with Crippen molar-refractivity contribution in [3.05, 3.63) is 36.4 Å². The van der Waals surface area contributed by atoms with E-state index in [4.69, 9.17) is 5.26 Å². The second kappa shape index (κ2) is 5.06. The highest BCUT2D eigenvalue weighted by atomic mass is 15.4. The van der Waals surface area contributed by atoms with Gasteiger partial charge >= 0.3 is 0 Å². The van der Waals surface area contributed by atoms with Crippen molar-refractivity contribution in [2.45, 2.75) is 18.9 Å². The van der Waals surface area contributed by atoms with Gasteiger partial charge in [-0.2, -0.15) is 5.26 Å². The van der Waals surface area contributed by atoms with Crippen molar-refractivity contribution in [2.24, 2.45) is 0 Å². The van der Waals surface area contributed by atoms with Crippen LogP contribution in [0.2, 0.25) is 0 Å². The third-order valence-corrected chi connectivity index (χ3v) is 3.51. The molecule has 0 unspecified atom stereocenters. The third-order valence-electron chi connectivity index (χ3n) is 3.51. The van der Waals surface area contributed by atoms with Crippen LogP contribution in [0.25, 0.3) is 0 Å². The molecule has 0 amide bonds. The molecule has 3 rings (SSSR count). The molecule has 96 valence electrons. The summed E-state index contributed by atoms with van der Waals surface area (Å²) in [6.45, 7) is 1.94. The first-order valence-electron chi connectivity index (χ1n) is 6.34. The minimum absolute atomic E-state index is 0.435. The molecule has 0 aromatic carbocycles. The molecule has 0 aliphatic carbocycles. The quantitative estimate of drug-likeness (QED) is 0.809. The van der Waals surface area contributed by atoms with E-state index >= 15 is 0 Å². The molecule has 0 radical (unpaired) electrons. The summed E-state index contributed by atoms with van der Waals surface area (Å²) < 4.78 is 1.94. The van der Waals surface area contributed by atoms with Crippen LogP contribution in [0.4, 0.5) is 5.69 Å². The van der Waals surface area contributed by atoms with E-state index < -0.39 is 0 Å². The zero-order valence-corrected chi connectivity index (χ0v) is 10.5. The number of hydrogen-bond acceptors (Lipinski definition) is 5. The maximum Gasteiger partial charge on any atom is 0.140 e. The second-order valence-corrected chi connectivity index (χ2v) is 4.61. The lowest BCUT2D eigenvalue weighted by Crippen LogP contribution is -2.34. The predicted molar refractivity (Wildman–Crippen MR) is 69.5 cm³/mol. The minimum atomic E-state index is 0.435. The second-order valence-electron chi connectivity index (χ2n) is 4.61. The van der Waals surface area contributed by atoms with Crippen molar-refractivity contribution in [1.29, 1.82) is 5.26 Å². The molecular formula is C13H14N6. The SMILES string of the molecule is N#Cc1ccc(N2CCC(n3ccnn3)CC2)cn1. The van der Waals surface area contributed by atoms with Crippen LogP contribution in [-0.2, 0) is 0 Å². The number of anilines is 1. The van der Waals surface area contributed by atoms with E-state index in [0.717, 1.165) is 31.6 Å². The molecule has 0 N–H and O–H groups in total. The van der Waals surface area contributed by atoms with Gasteiger partial charge in [-0.15, -0.1) is 5.10 Å². The van der Waals surface area contributed by atoms with E-state index in [9.17, 15) is 0 Å². The first-order chi connectivity index (χ1) is 9.36. The molecule has 1 aliphatic heterocycles. The van der Waals surface area contributed by atoms with Crippen LogP contribution in [0.5, 0.6) is 0 Å². The van der Waals surface area contributed by atoms with Crippen molar-refractivity contribution in [1.82, 2.24) is 20.0 Å². The Kier molecular flexibility index (Phi) is 3.11. The van der Waals surface area contributed by atoms with Crippen molar-refractivity contribution in [3.63, 3.8) is 0 Å². The summed E-state index contributed by atoms with van der Waals surface area (Å²) in [5.41, 5.74) is 1.54. The average Bonchev–Trinajstić information content (AvgIpc) is 3.02. The molecule has 0 atom stereocenters. The molecule has 6 nitrogen and oxygen atoms in total. The van der Waals surface area contributed by atoms with E-state index in [1.807, 2.05) is 23.0 Å². The number of rotatable bonds is 2. The summed E-state index contributed by atoms with van der Waals surface area (Å²) >= 11 is 0. The van der Waals surface area contributed by atoms with Crippen molar-refractivity contribution in [2.75, 3.05) is 18.0 Å². The lowest BCUT2D eigenvalue weighted by atomic mass is 10.0. The number of aromatic nitrogens is 4. The van der Waals surface area contributed by atoms with Gasteiger partial charge in [-0.3, -0.25) is 0 Å². The maximum absolute atomic E-state index is 8.74. The molecule has 0 saturated carbocycles. The summed E-state index contributed by atoms with van der Waals surface area (Å²) in [4.78, 5) is 6.40. The van der Waals surface area contributed by atoms with Gasteiger partial charge in [0.05, 0.1) is 24.1 Å². The summed E-state index contributed by atoms with van der Waals surface area (Å²) in [6.07, 6.45) is 7.50. The van der Waals surface area contributed by atoms with Gasteiger partial charge in [0.2, 0.25) is 0 Å². The number of pyridine rings is 1. The van der Waals surface area contributed by atoms with Gasteiger partial charge in [0, 0.05) is 19.3 Å². The van der Waals surface area contributed by atoms with Crippen molar-refractivity contribution >= 4 is 5.69 Å². The number of piperidine rings is 1. The average molecular weight is 254 g/mol. The van der Waals surface area contributed by atoms with E-state index in [1.165, 1.54) is 0 Å².